The fourth-order valence-electron chi connectivity index (χ4n) is 1.41. The number of rotatable bonds is 5. The van der Waals surface area contributed by atoms with Gasteiger partial charge in [-0.25, -0.2) is 9.78 Å². The molecule has 0 aromatic carbocycles. The Morgan fingerprint density at radius 3 is 3.18 bits per heavy atom. The van der Waals surface area contributed by atoms with E-state index in [0.717, 1.165) is 5.76 Å². The highest BCUT2D eigenvalue weighted by Gasteiger charge is 1.99. The highest BCUT2D eigenvalue weighted by Crippen LogP contribution is 2.01. The summed E-state index contributed by atoms with van der Waals surface area (Å²) in [5, 5.41) is 3.61. The van der Waals surface area contributed by atoms with Gasteiger partial charge >= 0.3 is 5.69 Å². The summed E-state index contributed by atoms with van der Waals surface area (Å²) in [5.41, 5.74) is -0.297. The maximum Gasteiger partial charge on any atom is 0.347 e. The summed E-state index contributed by atoms with van der Waals surface area (Å²) in [6.07, 6.45) is 4.55. The summed E-state index contributed by atoms with van der Waals surface area (Å²) in [5.74, 6) is 0.863. The average molecular weight is 254 g/mol. The van der Waals surface area contributed by atoms with Gasteiger partial charge in [-0.05, 0) is 12.1 Å². The summed E-state index contributed by atoms with van der Waals surface area (Å²) >= 11 is 5.75. The van der Waals surface area contributed by atoms with E-state index in [4.69, 9.17) is 16.0 Å². The second-order valence-electron chi connectivity index (χ2n) is 3.50. The van der Waals surface area contributed by atoms with Crippen molar-refractivity contribution in [1.82, 2.24) is 14.9 Å². The Bertz CT molecular complexity index is 522. The van der Waals surface area contributed by atoms with Crippen LogP contribution in [0.5, 0.6) is 0 Å². The standard InChI is InChI=1S/C11H12ClN3O2/c12-9-6-14-11(16)15(8-9)4-3-13-7-10-2-1-5-17-10/h1-2,5-6,8,13H,3-4,7H2. The molecule has 5 nitrogen and oxygen atoms in total. The molecule has 0 saturated heterocycles. The minimum atomic E-state index is -0.297. The highest BCUT2D eigenvalue weighted by molar-refractivity contribution is 6.30. The van der Waals surface area contributed by atoms with Crippen LogP contribution in [0.2, 0.25) is 5.02 Å². The molecule has 90 valence electrons. The molecule has 1 N–H and O–H groups in total. The first-order valence-corrected chi connectivity index (χ1v) is 5.58. The first kappa shape index (κ1) is 11.9. The number of hydrogen-bond acceptors (Lipinski definition) is 4. The third kappa shape index (κ3) is 3.44. The maximum absolute atomic E-state index is 11.3. The lowest BCUT2D eigenvalue weighted by molar-refractivity contribution is 0.473. The van der Waals surface area contributed by atoms with Crippen LogP contribution in [0, 0.1) is 0 Å². The van der Waals surface area contributed by atoms with Crippen molar-refractivity contribution < 1.29 is 4.42 Å². The van der Waals surface area contributed by atoms with Gasteiger partial charge in [0.05, 0.1) is 24.0 Å². The van der Waals surface area contributed by atoms with Crippen LogP contribution in [0.4, 0.5) is 0 Å². The monoisotopic (exact) mass is 253 g/mol. The molecule has 0 saturated carbocycles. The molecule has 2 rings (SSSR count). The van der Waals surface area contributed by atoms with Crippen molar-refractivity contribution in [1.29, 1.82) is 0 Å². The predicted octanol–water partition coefficient (Wildman–Crippen LogP) is 1.28. The van der Waals surface area contributed by atoms with Crippen LogP contribution in [0.15, 0.2) is 40.0 Å². The number of halogens is 1. The van der Waals surface area contributed by atoms with Crippen molar-refractivity contribution >= 4 is 11.6 Å². The van der Waals surface area contributed by atoms with Gasteiger partial charge in [0, 0.05) is 19.3 Å². The van der Waals surface area contributed by atoms with Crippen molar-refractivity contribution in [3.05, 3.63) is 52.1 Å². The smallest absolute Gasteiger partial charge is 0.347 e. The van der Waals surface area contributed by atoms with Gasteiger partial charge in [0.25, 0.3) is 0 Å². The summed E-state index contributed by atoms with van der Waals surface area (Å²) in [7, 11) is 0. The number of hydrogen-bond donors (Lipinski definition) is 1. The van der Waals surface area contributed by atoms with Crippen molar-refractivity contribution in [3.63, 3.8) is 0 Å². The molecule has 0 aliphatic heterocycles. The van der Waals surface area contributed by atoms with E-state index in [9.17, 15) is 4.79 Å². The zero-order valence-corrected chi connectivity index (χ0v) is 9.85. The molecule has 0 aliphatic rings. The molecule has 6 heteroatoms. The van der Waals surface area contributed by atoms with Gasteiger partial charge in [-0.15, -0.1) is 0 Å². The van der Waals surface area contributed by atoms with Crippen LogP contribution in [0.25, 0.3) is 0 Å². The van der Waals surface area contributed by atoms with E-state index in [1.54, 1.807) is 12.5 Å². The molecule has 0 spiro atoms. The first-order valence-electron chi connectivity index (χ1n) is 5.21. The Hall–Kier alpha value is -1.59. The van der Waals surface area contributed by atoms with Crippen LogP contribution in [-0.4, -0.2) is 16.1 Å². The molecule has 2 aromatic heterocycles. The molecule has 0 unspecified atom stereocenters. The average Bonchev–Trinajstić information content (AvgIpc) is 2.82. The number of nitrogens with zero attached hydrogens (tertiary/aromatic N) is 2. The molecule has 0 radical (unpaired) electrons. The van der Waals surface area contributed by atoms with Gasteiger partial charge in [0.15, 0.2) is 0 Å². The highest BCUT2D eigenvalue weighted by atomic mass is 35.5. The Kier molecular flexibility index (Phi) is 3.95. The van der Waals surface area contributed by atoms with E-state index < -0.39 is 0 Å². The van der Waals surface area contributed by atoms with Crippen LogP contribution in [-0.2, 0) is 13.1 Å². The fraction of sp³-hybridized carbons (Fsp3) is 0.273. The minimum absolute atomic E-state index is 0.297. The second kappa shape index (κ2) is 5.65. The zero-order chi connectivity index (χ0) is 12.1. The normalized spacial score (nSPS) is 10.6. The lowest BCUT2D eigenvalue weighted by Gasteiger charge is -2.05. The van der Waals surface area contributed by atoms with Crippen LogP contribution in [0.3, 0.4) is 0 Å². The first-order chi connectivity index (χ1) is 8.25. The molecule has 2 heterocycles. The molecule has 0 bridgehead atoms. The van der Waals surface area contributed by atoms with E-state index in [1.165, 1.54) is 10.8 Å². The van der Waals surface area contributed by atoms with Gasteiger partial charge in [-0.3, -0.25) is 4.57 Å². The third-order valence-electron chi connectivity index (χ3n) is 2.23. The van der Waals surface area contributed by atoms with Gasteiger partial charge in [-0.1, -0.05) is 11.6 Å². The van der Waals surface area contributed by atoms with Gasteiger partial charge in [0.2, 0.25) is 0 Å². The summed E-state index contributed by atoms with van der Waals surface area (Å²) in [4.78, 5) is 15.0. The van der Waals surface area contributed by atoms with Gasteiger partial charge < -0.3 is 9.73 Å². The van der Waals surface area contributed by atoms with Crippen LogP contribution >= 0.6 is 11.6 Å². The summed E-state index contributed by atoms with van der Waals surface area (Å²) < 4.78 is 6.63. The minimum Gasteiger partial charge on any atom is -0.468 e. The number of nitrogens with one attached hydrogen (secondary N) is 1. The van der Waals surface area contributed by atoms with Crippen molar-refractivity contribution in [2.24, 2.45) is 0 Å². The SMILES string of the molecule is O=c1ncc(Cl)cn1CCNCc1ccco1. The second-order valence-corrected chi connectivity index (χ2v) is 3.94. The van der Waals surface area contributed by atoms with E-state index in [2.05, 4.69) is 10.3 Å². The topological polar surface area (TPSA) is 60.1 Å². The Morgan fingerprint density at radius 2 is 2.41 bits per heavy atom. The van der Waals surface area contributed by atoms with Crippen LogP contribution in [0.1, 0.15) is 5.76 Å². The third-order valence-corrected chi connectivity index (χ3v) is 2.43. The summed E-state index contributed by atoms with van der Waals surface area (Å²) in [6.45, 7) is 1.80. The van der Waals surface area contributed by atoms with Gasteiger partial charge in [-0.2, -0.15) is 0 Å². The van der Waals surface area contributed by atoms with E-state index in [1.807, 2.05) is 12.1 Å². The predicted molar refractivity (Wildman–Crippen MR) is 63.9 cm³/mol. The maximum atomic E-state index is 11.3. The fourth-order valence-corrected chi connectivity index (χ4v) is 1.58. The molecule has 0 amide bonds. The van der Waals surface area contributed by atoms with Crippen molar-refractivity contribution in [2.75, 3.05) is 6.54 Å². The van der Waals surface area contributed by atoms with E-state index >= 15 is 0 Å². The lowest BCUT2D eigenvalue weighted by atomic mass is 10.4. The quantitative estimate of drug-likeness (QED) is 0.816. The van der Waals surface area contributed by atoms with E-state index in [0.29, 0.717) is 24.7 Å². The molecular formula is C11H12ClN3O2. The molecule has 17 heavy (non-hydrogen) atoms. The molecular weight excluding hydrogens is 242 g/mol. The van der Waals surface area contributed by atoms with Crippen molar-refractivity contribution in [2.45, 2.75) is 13.1 Å². The molecule has 0 fully saturated rings. The number of aromatic nitrogens is 2. The number of furan rings is 1. The van der Waals surface area contributed by atoms with Crippen LogP contribution < -0.4 is 11.0 Å². The lowest BCUT2D eigenvalue weighted by Crippen LogP contribution is -2.27. The Balaban J connectivity index is 1.82. The zero-order valence-electron chi connectivity index (χ0n) is 9.10. The van der Waals surface area contributed by atoms with Crippen molar-refractivity contribution in [3.8, 4) is 0 Å². The summed E-state index contributed by atoms with van der Waals surface area (Å²) in [6, 6.07) is 3.72. The molecule has 2 aromatic rings. The Morgan fingerprint density at radius 1 is 1.53 bits per heavy atom. The Labute approximate surface area is 103 Å². The van der Waals surface area contributed by atoms with E-state index in [-0.39, 0.29) is 5.69 Å². The molecule has 0 aliphatic carbocycles. The van der Waals surface area contributed by atoms with Gasteiger partial charge in [0.1, 0.15) is 5.76 Å². The molecule has 0 atom stereocenters. The largest absolute Gasteiger partial charge is 0.468 e.